The van der Waals surface area contributed by atoms with Crippen LogP contribution in [0.3, 0.4) is 0 Å². The minimum atomic E-state index is -0.359. The van der Waals surface area contributed by atoms with Crippen molar-refractivity contribution in [3.8, 4) is 17.2 Å². The predicted octanol–water partition coefficient (Wildman–Crippen LogP) is 4.89. The second kappa shape index (κ2) is 6.92. The lowest BCUT2D eigenvalue weighted by Gasteiger charge is -2.06. The number of carbonyl (C=O) groups is 1. The van der Waals surface area contributed by atoms with Crippen LogP contribution >= 0.6 is 0 Å². The lowest BCUT2D eigenvalue weighted by molar-refractivity contribution is 0.102. The first-order valence-electron chi connectivity index (χ1n) is 8.24. The normalized spacial score (nSPS) is 10.7. The maximum absolute atomic E-state index is 13.4. The Morgan fingerprint density at radius 1 is 1.07 bits per heavy atom. The smallest absolute Gasteiger partial charge is 0.255 e. The monoisotopic (exact) mass is 362 g/mol. The van der Waals surface area contributed by atoms with Gasteiger partial charge < -0.3 is 14.5 Å². The Kier molecular flexibility index (Phi) is 4.30. The van der Waals surface area contributed by atoms with Gasteiger partial charge in [0.05, 0.1) is 7.11 Å². The number of hydrogen-bond acceptors (Lipinski definition) is 4. The molecule has 4 rings (SSSR count). The third kappa shape index (κ3) is 3.50. The molecule has 0 atom stereocenters. The summed E-state index contributed by atoms with van der Waals surface area (Å²) in [6.07, 6.45) is 0. The first-order chi connectivity index (χ1) is 13.1. The van der Waals surface area contributed by atoms with Gasteiger partial charge in [-0.15, -0.1) is 0 Å². The number of fused-ring (bicyclic) bond motifs is 1. The van der Waals surface area contributed by atoms with E-state index in [1.807, 2.05) is 0 Å². The van der Waals surface area contributed by atoms with Crippen LogP contribution in [0.5, 0.6) is 5.75 Å². The Morgan fingerprint density at radius 2 is 1.89 bits per heavy atom. The maximum atomic E-state index is 13.4. The van der Waals surface area contributed by atoms with Crippen LogP contribution in [0.15, 0.2) is 71.1 Å². The molecule has 6 heteroatoms. The summed E-state index contributed by atoms with van der Waals surface area (Å²) >= 11 is 0. The number of nitrogens with one attached hydrogen (secondary N) is 1. The number of carbonyl (C=O) groups excluding carboxylic acids is 1. The van der Waals surface area contributed by atoms with Gasteiger partial charge in [-0.1, -0.05) is 6.07 Å². The summed E-state index contributed by atoms with van der Waals surface area (Å²) in [6.45, 7) is 0. The Labute approximate surface area is 154 Å². The van der Waals surface area contributed by atoms with E-state index in [2.05, 4.69) is 10.3 Å². The number of halogens is 1. The molecule has 1 heterocycles. The molecule has 5 nitrogen and oxygen atoms in total. The van der Waals surface area contributed by atoms with Gasteiger partial charge in [0.2, 0.25) is 5.89 Å². The molecule has 0 bridgehead atoms. The molecule has 27 heavy (non-hydrogen) atoms. The van der Waals surface area contributed by atoms with Crippen LogP contribution in [0.2, 0.25) is 0 Å². The van der Waals surface area contributed by atoms with Gasteiger partial charge in [0.1, 0.15) is 17.1 Å². The van der Waals surface area contributed by atoms with Crippen molar-refractivity contribution in [3.05, 3.63) is 78.1 Å². The van der Waals surface area contributed by atoms with E-state index < -0.39 is 0 Å². The van der Waals surface area contributed by atoms with Crippen LogP contribution < -0.4 is 10.1 Å². The summed E-state index contributed by atoms with van der Waals surface area (Å²) in [5.41, 5.74) is 2.77. The number of anilines is 1. The van der Waals surface area contributed by atoms with E-state index in [4.69, 9.17) is 9.15 Å². The van der Waals surface area contributed by atoms with Crippen LogP contribution in [0.4, 0.5) is 10.1 Å². The zero-order valence-electron chi connectivity index (χ0n) is 14.4. The number of rotatable bonds is 4. The van der Waals surface area contributed by atoms with Crippen LogP contribution in [0.25, 0.3) is 22.6 Å². The predicted molar refractivity (Wildman–Crippen MR) is 100 cm³/mol. The summed E-state index contributed by atoms with van der Waals surface area (Å²) in [5.74, 6) is 0.400. The Morgan fingerprint density at radius 3 is 2.63 bits per heavy atom. The molecule has 1 N–H and O–H groups in total. The number of hydrogen-bond donors (Lipinski definition) is 1. The van der Waals surface area contributed by atoms with Crippen molar-refractivity contribution in [2.75, 3.05) is 12.4 Å². The quantitative estimate of drug-likeness (QED) is 0.561. The third-order valence-corrected chi connectivity index (χ3v) is 4.07. The molecule has 134 valence electrons. The fraction of sp³-hybridized carbons (Fsp3) is 0.0476. The molecule has 0 saturated carbocycles. The molecule has 0 saturated heterocycles. The molecule has 0 aliphatic rings. The van der Waals surface area contributed by atoms with E-state index in [0.29, 0.717) is 39.6 Å². The first kappa shape index (κ1) is 16.8. The summed E-state index contributed by atoms with van der Waals surface area (Å²) in [4.78, 5) is 16.8. The Hall–Kier alpha value is -3.67. The molecule has 4 aromatic rings. The number of aromatic nitrogens is 1. The highest BCUT2D eigenvalue weighted by atomic mass is 19.1. The fourth-order valence-electron chi connectivity index (χ4n) is 2.70. The van der Waals surface area contributed by atoms with Gasteiger partial charge in [-0.25, -0.2) is 9.37 Å². The van der Waals surface area contributed by atoms with Crippen LogP contribution in [0.1, 0.15) is 10.4 Å². The Balaban J connectivity index is 1.58. The molecule has 1 amide bonds. The van der Waals surface area contributed by atoms with E-state index in [-0.39, 0.29) is 11.7 Å². The van der Waals surface area contributed by atoms with Gasteiger partial charge in [0, 0.05) is 16.8 Å². The highest BCUT2D eigenvalue weighted by Crippen LogP contribution is 2.27. The van der Waals surface area contributed by atoms with E-state index in [9.17, 15) is 9.18 Å². The molecular weight excluding hydrogens is 347 g/mol. The zero-order valence-corrected chi connectivity index (χ0v) is 14.4. The SMILES string of the molecule is COc1ccc(C(=O)Nc2ccc3oc(-c4cccc(F)c4)nc3c2)cc1. The molecule has 0 fully saturated rings. The van der Waals surface area contributed by atoms with E-state index in [1.165, 1.54) is 12.1 Å². The second-order valence-corrected chi connectivity index (χ2v) is 5.89. The minimum absolute atomic E-state index is 0.245. The van der Waals surface area contributed by atoms with E-state index >= 15 is 0 Å². The standard InChI is InChI=1S/C21H15FN2O3/c1-26-17-8-5-13(6-9-17)20(25)23-16-7-10-19-18(12-16)24-21(27-19)14-3-2-4-15(22)11-14/h2-12H,1H3,(H,23,25). The molecular formula is C21H15FN2O3. The van der Waals surface area contributed by atoms with Crippen molar-refractivity contribution >= 4 is 22.7 Å². The summed E-state index contributed by atoms with van der Waals surface area (Å²) < 4.78 is 24.2. The van der Waals surface area contributed by atoms with Crippen molar-refractivity contribution in [2.45, 2.75) is 0 Å². The Bertz CT molecular complexity index is 1120. The van der Waals surface area contributed by atoms with Crippen LogP contribution in [-0.2, 0) is 0 Å². The molecule has 0 radical (unpaired) electrons. The molecule has 0 aliphatic heterocycles. The number of amides is 1. The number of ether oxygens (including phenoxy) is 1. The largest absolute Gasteiger partial charge is 0.497 e. The molecule has 1 aromatic heterocycles. The summed E-state index contributed by atoms with van der Waals surface area (Å²) in [6, 6.07) is 18.0. The average Bonchev–Trinajstić information content (AvgIpc) is 3.11. The summed E-state index contributed by atoms with van der Waals surface area (Å²) in [5, 5.41) is 2.82. The zero-order chi connectivity index (χ0) is 18.8. The number of oxazole rings is 1. The van der Waals surface area contributed by atoms with Crippen molar-refractivity contribution < 1.29 is 18.3 Å². The topological polar surface area (TPSA) is 64.4 Å². The number of methoxy groups -OCH3 is 1. The van der Waals surface area contributed by atoms with Crippen LogP contribution in [-0.4, -0.2) is 18.0 Å². The van der Waals surface area contributed by atoms with Gasteiger partial charge in [-0.2, -0.15) is 0 Å². The van der Waals surface area contributed by atoms with Crippen molar-refractivity contribution in [1.29, 1.82) is 0 Å². The molecule has 0 spiro atoms. The maximum Gasteiger partial charge on any atom is 0.255 e. The fourth-order valence-corrected chi connectivity index (χ4v) is 2.70. The van der Waals surface area contributed by atoms with Gasteiger partial charge >= 0.3 is 0 Å². The van der Waals surface area contributed by atoms with Crippen LogP contribution in [0, 0.1) is 5.82 Å². The first-order valence-corrected chi connectivity index (χ1v) is 8.24. The van der Waals surface area contributed by atoms with Crippen molar-refractivity contribution in [1.82, 2.24) is 4.98 Å². The highest BCUT2D eigenvalue weighted by Gasteiger charge is 2.11. The van der Waals surface area contributed by atoms with Crippen molar-refractivity contribution in [3.63, 3.8) is 0 Å². The third-order valence-electron chi connectivity index (χ3n) is 4.07. The molecule has 3 aromatic carbocycles. The highest BCUT2D eigenvalue weighted by molar-refractivity contribution is 6.05. The number of benzene rings is 3. The average molecular weight is 362 g/mol. The van der Waals surface area contributed by atoms with Gasteiger partial charge in [0.15, 0.2) is 5.58 Å². The molecule has 0 unspecified atom stereocenters. The lowest BCUT2D eigenvalue weighted by Crippen LogP contribution is -2.11. The number of nitrogens with zero attached hydrogens (tertiary/aromatic N) is 1. The van der Waals surface area contributed by atoms with Gasteiger partial charge in [0.25, 0.3) is 5.91 Å². The van der Waals surface area contributed by atoms with Crippen molar-refractivity contribution in [2.24, 2.45) is 0 Å². The van der Waals surface area contributed by atoms with Gasteiger partial charge in [-0.05, 0) is 60.7 Å². The minimum Gasteiger partial charge on any atom is -0.497 e. The summed E-state index contributed by atoms with van der Waals surface area (Å²) in [7, 11) is 1.57. The van der Waals surface area contributed by atoms with E-state index in [0.717, 1.165) is 0 Å². The lowest BCUT2D eigenvalue weighted by atomic mass is 10.2. The molecule has 0 aliphatic carbocycles. The van der Waals surface area contributed by atoms with E-state index in [1.54, 1.807) is 61.7 Å². The second-order valence-electron chi connectivity index (χ2n) is 5.89. The van der Waals surface area contributed by atoms with Gasteiger partial charge in [-0.3, -0.25) is 4.79 Å².